The Kier molecular flexibility index (Phi) is 2.59. The van der Waals surface area contributed by atoms with E-state index < -0.39 is 0 Å². The second-order valence-corrected chi connectivity index (χ2v) is 3.52. The van der Waals surface area contributed by atoms with Crippen LogP contribution in [-0.4, -0.2) is 16.0 Å². The minimum absolute atomic E-state index is 0.664. The molecule has 0 aliphatic carbocycles. The first-order chi connectivity index (χ1) is 7.69. The highest BCUT2D eigenvalue weighted by Gasteiger charge is 2.02. The Labute approximate surface area is 93.4 Å². The van der Waals surface area contributed by atoms with Crippen molar-refractivity contribution in [3.63, 3.8) is 0 Å². The molecule has 5 heteroatoms. The third-order valence-corrected chi connectivity index (χ3v) is 2.22. The van der Waals surface area contributed by atoms with Gasteiger partial charge in [0.05, 0.1) is 11.9 Å². The monoisotopic (exact) mass is 215 g/mol. The Balaban J connectivity index is 2.32. The van der Waals surface area contributed by atoms with Gasteiger partial charge in [-0.05, 0) is 18.2 Å². The van der Waals surface area contributed by atoms with E-state index in [1.54, 1.807) is 29.1 Å². The number of anilines is 3. The highest BCUT2D eigenvalue weighted by Crippen LogP contribution is 2.21. The van der Waals surface area contributed by atoms with Crippen LogP contribution < -0.4 is 11.1 Å². The lowest BCUT2D eigenvalue weighted by molar-refractivity contribution is 0.768. The lowest BCUT2D eigenvalue weighted by Crippen LogP contribution is -1.96. The summed E-state index contributed by atoms with van der Waals surface area (Å²) in [5, 5.41) is 14.5. The molecule has 0 fully saturated rings. The summed E-state index contributed by atoms with van der Waals surface area (Å²) in [5.74, 6) is 0. The number of aromatic nitrogens is 2. The minimum atomic E-state index is 0.664. The maximum atomic E-state index is 7.30. The number of nitrogens with zero attached hydrogens (tertiary/aromatic N) is 2. The molecule has 0 aliphatic rings. The van der Waals surface area contributed by atoms with Crippen LogP contribution in [0.1, 0.15) is 5.56 Å². The predicted molar refractivity (Wildman–Crippen MR) is 65.2 cm³/mol. The SMILES string of the molecule is Cn1cc(Nc2cc(N)ccc2C=N)cn1. The van der Waals surface area contributed by atoms with Crippen LogP contribution in [0.25, 0.3) is 0 Å². The van der Waals surface area contributed by atoms with Gasteiger partial charge in [0.15, 0.2) is 0 Å². The fraction of sp³-hybridized carbons (Fsp3) is 0.0909. The lowest BCUT2D eigenvalue weighted by atomic mass is 10.1. The zero-order valence-corrected chi connectivity index (χ0v) is 8.94. The molecule has 0 saturated heterocycles. The molecule has 0 unspecified atom stereocenters. The normalized spacial score (nSPS) is 10.1. The summed E-state index contributed by atoms with van der Waals surface area (Å²) >= 11 is 0. The second kappa shape index (κ2) is 4.06. The predicted octanol–water partition coefficient (Wildman–Crippen LogP) is 1.74. The highest BCUT2D eigenvalue weighted by molar-refractivity contribution is 5.88. The maximum absolute atomic E-state index is 7.30. The largest absolute Gasteiger partial charge is 0.399 e. The molecule has 0 atom stereocenters. The van der Waals surface area contributed by atoms with E-state index >= 15 is 0 Å². The van der Waals surface area contributed by atoms with Crippen molar-refractivity contribution in [2.75, 3.05) is 11.1 Å². The molecule has 2 aromatic rings. The van der Waals surface area contributed by atoms with Crippen molar-refractivity contribution >= 4 is 23.3 Å². The van der Waals surface area contributed by atoms with Gasteiger partial charge in [0.1, 0.15) is 0 Å². The summed E-state index contributed by atoms with van der Waals surface area (Å²) < 4.78 is 1.71. The van der Waals surface area contributed by atoms with Gasteiger partial charge < -0.3 is 16.5 Å². The zero-order chi connectivity index (χ0) is 11.5. The third-order valence-electron chi connectivity index (χ3n) is 2.22. The van der Waals surface area contributed by atoms with E-state index in [0.717, 1.165) is 16.9 Å². The fourth-order valence-electron chi connectivity index (χ4n) is 1.45. The standard InChI is InChI=1S/C11H13N5/c1-16-7-10(6-14-16)15-11-4-9(13)3-2-8(11)5-12/h2-7,12,15H,13H2,1H3. The van der Waals surface area contributed by atoms with Crippen molar-refractivity contribution in [1.29, 1.82) is 5.41 Å². The number of aryl methyl sites for hydroxylation is 1. The van der Waals surface area contributed by atoms with Gasteiger partial charge in [0, 0.05) is 36.4 Å². The molecule has 5 nitrogen and oxygen atoms in total. The molecule has 0 spiro atoms. The number of hydrogen-bond donors (Lipinski definition) is 3. The van der Waals surface area contributed by atoms with Crippen molar-refractivity contribution in [3.8, 4) is 0 Å². The van der Waals surface area contributed by atoms with E-state index in [4.69, 9.17) is 11.1 Å². The number of nitrogens with one attached hydrogen (secondary N) is 2. The summed E-state index contributed by atoms with van der Waals surface area (Å²) in [4.78, 5) is 0. The Hall–Kier alpha value is -2.30. The van der Waals surface area contributed by atoms with Crippen LogP contribution in [0.2, 0.25) is 0 Å². The molecule has 0 radical (unpaired) electrons. The van der Waals surface area contributed by atoms with Crippen LogP contribution in [-0.2, 0) is 7.05 Å². The molecular weight excluding hydrogens is 202 g/mol. The van der Waals surface area contributed by atoms with E-state index in [1.807, 2.05) is 13.2 Å². The first kappa shape index (κ1) is 10.2. The number of hydrogen-bond acceptors (Lipinski definition) is 4. The van der Waals surface area contributed by atoms with Gasteiger partial charge in [-0.25, -0.2) is 0 Å². The topological polar surface area (TPSA) is 79.7 Å². The number of benzene rings is 1. The summed E-state index contributed by atoms with van der Waals surface area (Å²) in [6.45, 7) is 0. The van der Waals surface area contributed by atoms with Gasteiger partial charge in [0.2, 0.25) is 0 Å². The third kappa shape index (κ3) is 2.03. The molecule has 0 bridgehead atoms. The Morgan fingerprint density at radius 2 is 2.31 bits per heavy atom. The Bertz CT molecular complexity index is 515. The maximum Gasteiger partial charge on any atom is 0.0770 e. The van der Waals surface area contributed by atoms with Crippen LogP contribution in [0.4, 0.5) is 17.1 Å². The van der Waals surface area contributed by atoms with E-state index in [0.29, 0.717) is 5.69 Å². The minimum Gasteiger partial charge on any atom is -0.399 e. The molecule has 2 rings (SSSR count). The van der Waals surface area contributed by atoms with Gasteiger partial charge in [-0.1, -0.05) is 0 Å². The second-order valence-electron chi connectivity index (χ2n) is 3.52. The molecule has 0 saturated carbocycles. The Morgan fingerprint density at radius 1 is 1.50 bits per heavy atom. The van der Waals surface area contributed by atoms with Crippen LogP contribution in [0.5, 0.6) is 0 Å². The molecule has 82 valence electrons. The van der Waals surface area contributed by atoms with Crippen molar-refractivity contribution in [3.05, 3.63) is 36.2 Å². The summed E-state index contributed by atoms with van der Waals surface area (Å²) in [5.41, 5.74) is 8.84. The number of nitrogen functional groups attached to an aromatic ring is 1. The molecule has 0 aliphatic heterocycles. The van der Waals surface area contributed by atoms with Gasteiger partial charge >= 0.3 is 0 Å². The molecule has 1 heterocycles. The molecule has 4 N–H and O–H groups in total. The summed E-state index contributed by atoms with van der Waals surface area (Å²) in [7, 11) is 1.85. The lowest BCUT2D eigenvalue weighted by Gasteiger charge is -2.07. The average Bonchev–Trinajstić information content (AvgIpc) is 2.64. The first-order valence-corrected chi connectivity index (χ1v) is 4.85. The summed E-state index contributed by atoms with van der Waals surface area (Å²) in [6.07, 6.45) is 4.87. The quantitative estimate of drug-likeness (QED) is 0.539. The van der Waals surface area contributed by atoms with Gasteiger partial charge in [-0.15, -0.1) is 0 Å². The molecule has 1 aromatic carbocycles. The number of nitrogens with two attached hydrogens (primary N) is 1. The van der Waals surface area contributed by atoms with Crippen molar-refractivity contribution in [1.82, 2.24) is 9.78 Å². The number of rotatable bonds is 3. The van der Waals surface area contributed by atoms with E-state index in [1.165, 1.54) is 6.21 Å². The smallest absolute Gasteiger partial charge is 0.0770 e. The highest BCUT2D eigenvalue weighted by atomic mass is 15.3. The fourth-order valence-corrected chi connectivity index (χ4v) is 1.45. The van der Waals surface area contributed by atoms with Crippen molar-refractivity contribution in [2.45, 2.75) is 0 Å². The van der Waals surface area contributed by atoms with Crippen LogP contribution in [0.3, 0.4) is 0 Å². The van der Waals surface area contributed by atoms with Gasteiger partial charge in [0.25, 0.3) is 0 Å². The van der Waals surface area contributed by atoms with Crippen LogP contribution in [0.15, 0.2) is 30.6 Å². The van der Waals surface area contributed by atoms with Gasteiger partial charge in [-0.3, -0.25) is 4.68 Å². The van der Waals surface area contributed by atoms with E-state index in [-0.39, 0.29) is 0 Å². The molecular formula is C11H13N5. The zero-order valence-electron chi connectivity index (χ0n) is 8.94. The Morgan fingerprint density at radius 3 is 2.94 bits per heavy atom. The van der Waals surface area contributed by atoms with Crippen LogP contribution >= 0.6 is 0 Å². The summed E-state index contributed by atoms with van der Waals surface area (Å²) in [6, 6.07) is 5.38. The van der Waals surface area contributed by atoms with Crippen LogP contribution in [0, 0.1) is 5.41 Å². The molecule has 0 amide bonds. The average molecular weight is 215 g/mol. The van der Waals surface area contributed by atoms with E-state index in [9.17, 15) is 0 Å². The van der Waals surface area contributed by atoms with Crippen molar-refractivity contribution < 1.29 is 0 Å². The van der Waals surface area contributed by atoms with Crippen molar-refractivity contribution in [2.24, 2.45) is 7.05 Å². The first-order valence-electron chi connectivity index (χ1n) is 4.85. The van der Waals surface area contributed by atoms with E-state index in [2.05, 4.69) is 10.4 Å². The van der Waals surface area contributed by atoms with Gasteiger partial charge in [-0.2, -0.15) is 5.10 Å². The molecule has 16 heavy (non-hydrogen) atoms. The molecule has 1 aromatic heterocycles.